The Balaban J connectivity index is 2.25. The van der Waals surface area contributed by atoms with Crippen LogP contribution in [0.5, 0.6) is 0 Å². The summed E-state index contributed by atoms with van der Waals surface area (Å²) in [6.45, 7) is 5.81. The van der Waals surface area contributed by atoms with Crippen LogP contribution in [0.25, 0.3) is 0 Å². The van der Waals surface area contributed by atoms with Crippen LogP contribution in [-0.4, -0.2) is 239 Å². The van der Waals surface area contributed by atoms with Gasteiger partial charge in [0.25, 0.3) is 0 Å². The SMILES string of the molecule is CC[C@H](C)[C@H](NC(=O)[C@H](CCCN=C(N)N)NC(=O)[C@@H](NC(=O)[C@@H](N)CCSC)C(C)C)C(=O)N[C@@H](CCCCN)C(=O)N1CCC[C@H]1C(=O)NCC(=O)N[C@@H](CO)C(=O)N[C@@H](C)C(=O)N[C@@H](CC(N)=O)C(=O)N[C@@H](CCCCN)C(=O)N[C@@H](Cc1ccccc1)C(=O)N[C@@H](CO)C(=O)O. The van der Waals surface area contributed by atoms with Crippen molar-refractivity contribution in [1.82, 2.24) is 63.4 Å². The van der Waals surface area contributed by atoms with Gasteiger partial charge < -0.3 is 113 Å². The predicted molar refractivity (Wildman–Crippen MR) is 369 cm³/mol. The Labute approximate surface area is 586 Å². The zero-order chi connectivity index (χ0) is 75.2. The summed E-state index contributed by atoms with van der Waals surface area (Å²) >= 11 is 1.50. The summed E-state index contributed by atoms with van der Waals surface area (Å²) in [5, 5.41) is 56.5. The molecule has 13 amide bonds. The van der Waals surface area contributed by atoms with Gasteiger partial charge in [0.05, 0.1) is 32.2 Å². The van der Waals surface area contributed by atoms with E-state index in [9.17, 15) is 82.4 Å². The summed E-state index contributed by atoms with van der Waals surface area (Å²) in [7, 11) is 0. The first-order chi connectivity index (χ1) is 47.4. The second kappa shape index (κ2) is 46.5. The number of carboxylic acid groups (broad SMARTS) is 1. The topological polar surface area (TPSA) is 604 Å². The molecule has 1 fully saturated rings. The predicted octanol–water partition coefficient (Wildman–Crippen LogP) is -6.76. The maximum absolute atomic E-state index is 14.5. The van der Waals surface area contributed by atoms with Crippen LogP contribution < -0.4 is 92.9 Å². The number of nitrogens with two attached hydrogens (primary N) is 6. The number of aliphatic carboxylic acids is 1. The minimum atomic E-state index is -1.78. The fourth-order valence-corrected chi connectivity index (χ4v) is 10.8. The molecule has 1 aromatic rings. The van der Waals surface area contributed by atoms with E-state index in [1.807, 2.05) is 6.26 Å². The first kappa shape index (κ1) is 87.3. The number of nitrogens with one attached hydrogen (secondary N) is 11. The monoisotopic (exact) mass is 1430 g/mol. The van der Waals surface area contributed by atoms with Crippen molar-refractivity contribution >= 4 is 100 Å². The van der Waals surface area contributed by atoms with Crippen LogP contribution in [0.4, 0.5) is 0 Å². The van der Waals surface area contributed by atoms with Crippen molar-refractivity contribution in [2.24, 2.45) is 51.2 Å². The number of hydrogen-bond acceptors (Lipinski definition) is 21. The fraction of sp³-hybridized carbons (Fsp3) is 0.667. The molecule has 26 N–H and O–H groups in total. The van der Waals surface area contributed by atoms with E-state index in [1.54, 1.807) is 58.0 Å². The fourth-order valence-electron chi connectivity index (χ4n) is 10.3. The normalized spacial score (nSPS) is 16.2. The van der Waals surface area contributed by atoms with Crippen molar-refractivity contribution in [3.63, 3.8) is 0 Å². The Bertz CT molecular complexity index is 2910. The summed E-state index contributed by atoms with van der Waals surface area (Å²) in [5.74, 6) is -13.7. The van der Waals surface area contributed by atoms with Crippen molar-refractivity contribution in [3.05, 3.63) is 35.9 Å². The van der Waals surface area contributed by atoms with Crippen LogP contribution in [0.15, 0.2) is 35.3 Å². The van der Waals surface area contributed by atoms with Gasteiger partial charge in [0.15, 0.2) is 5.96 Å². The van der Waals surface area contributed by atoms with Gasteiger partial charge >= 0.3 is 5.97 Å². The van der Waals surface area contributed by atoms with Gasteiger partial charge in [0, 0.05) is 19.5 Å². The maximum atomic E-state index is 14.5. The molecule has 0 radical (unpaired) electrons. The lowest BCUT2D eigenvalue weighted by molar-refractivity contribution is -0.143. The Hall–Kier alpha value is -8.78. The lowest BCUT2D eigenvalue weighted by atomic mass is 9.96. The second-order valence-electron chi connectivity index (χ2n) is 24.7. The molecular weight excluding hydrogens is 1330 g/mol. The summed E-state index contributed by atoms with van der Waals surface area (Å²) in [4.78, 5) is 195. The third kappa shape index (κ3) is 31.2. The van der Waals surface area contributed by atoms with E-state index in [-0.39, 0.29) is 77.1 Å². The number of thioether (sulfide) groups is 1. The standard InChI is InChI=1S/C63H107N19O17S/c1-7-35(4)50(81-54(90)40(21-15-26-70-63(68)69)75-59(95)49(34(2)3)80-52(88)38(66)23-28-100-6)60(96)76-41(20-12-14-25-65)61(97)82-27-16-22-46(82)58(94)71-31-48(86)73-44(32-83)57(93)72-36(5)51(87)77-43(30-47(67)85)56(92)74-39(19-11-13-24-64)53(89)78-42(29-37-17-9-8-10-18-37)55(91)79-45(33-84)62(98)99/h8-10,17-18,34-36,38-46,49-50,83-84H,7,11-16,19-33,64-66H2,1-6H3,(H2,67,85)(H,71,94)(H,72,93)(H,73,86)(H,74,92)(H,75,95)(H,76,96)(H,77,87)(H,78,89)(H,79,91)(H,80,88)(H,81,90)(H,98,99)(H4,68,69,70)/t35-,36-,38-,39-,40-,41-,42-,43-,44-,45-,46-,49-,50-/m0/s1. The van der Waals surface area contributed by atoms with Crippen molar-refractivity contribution in [2.45, 2.75) is 197 Å². The maximum Gasteiger partial charge on any atom is 0.328 e. The highest BCUT2D eigenvalue weighted by Crippen LogP contribution is 2.21. The molecule has 37 heteroatoms. The Kier molecular flexibility index (Phi) is 40.6. The molecule has 1 saturated heterocycles. The van der Waals surface area contributed by atoms with E-state index in [0.717, 1.165) is 6.92 Å². The minimum Gasteiger partial charge on any atom is -0.480 e. The van der Waals surface area contributed by atoms with Crippen molar-refractivity contribution in [1.29, 1.82) is 0 Å². The smallest absolute Gasteiger partial charge is 0.328 e. The number of amides is 13. The van der Waals surface area contributed by atoms with Crippen molar-refractivity contribution in [3.8, 4) is 0 Å². The molecule has 13 atom stereocenters. The first-order valence-corrected chi connectivity index (χ1v) is 34.8. The van der Waals surface area contributed by atoms with E-state index >= 15 is 0 Å². The molecule has 0 aromatic heterocycles. The summed E-state index contributed by atoms with van der Waals surface area (Å²) in [6.07, 6.45) is 3.61. The molecule has 562 valence electrons. The third-order valence-electron chi connectivity index (χ3n) is 16.3. The minimum absolute atomic E-state index is 0.00734. The highest BCUT2D eigenvalue weighted by molar-refractivity contribution is 7.98. The van der Waals surface area contributed by atoms with Crippen LogP contribution in [-0.2, 0) is 73.5 Å². The number of unbranched alkanes of at least 4 members (excludes halogenated alkanes) is 2. The number of carbonyl (C=O) groups is 14. The van der Waals surface area contributed by atoms with Crippen molar-refractivity contribution in [2.75, 3.05) is 57.9 Å². The quantitative estimate of drug-likeness (QED) is 0.0164. The number of carboxylic acids is 1. The molecule has 0 bridgehead atoms. The summed E-state index contributed by atoms with van der Waals surface area (Å²) in [6, 6.07) is -8.39. The van der Waals surface area contributed by atoms with Gasteiger partial charge in [0.1, 0.15) is 66.5 Å². The zero-order valence-electron chi connectivity index (χ0n) is 57.8. The van der Waals surface area contributed by atoms with Gasteiger partial charge in [-0.15, -0.1) is 0 Å². The van der Waals surface area contributed by atoms with Gasteiger partial charge in [-0.25, -0.2) is 4.79 Å². The number of guanidine groups is 1. The molecule has 0 aliphatic carbocycles. The number of aliphatic hydroxyl groups excluding tert-OH is 2. The van der Waals surface area contributed by atoms with Crippen LogP contribution in [0.3, 0.4) is 0 Å². The Morgan fingerprint density at radius 1 is 0.590 bits per heavy atom. The lowest BCUT2D eigenvalue weighted by Crippen LogP contribution is -2.61. The van der Waals surface area contributed by atoms with Crippen LogP contribution in [0.1, 0.15) is 124 Å². The number of hydrogen-bond donors (Lipinski definition) is 20. The molecule has 0 spiro atoms. The number of rotatable bonds is 48. The van der Waals surface area contributed by atoms with Gasteiger partial charge in [-0.3, -0.25) is 67.3 Å². The van der Waals surface area contributed by atoms with Crippen LogP contribution in [0.2, 0.25) is 0 Å². The van der Waals surface area contributed by atoms with Gasteiger partial charge in [0.2, 0.25) is 76.8 Å². The highest BCUT2D eigenvalue weighted by atomic mass is 32.2. The number of aliphatic imine (C=N–C) groups is 1. The van der Waals surface area contributed by atoms with E-state index in [4.69, 9.17) is 34.4 Å². The van der Waals surface area contributed by atoms with Crippen molar-refractivity contribution < 1.29 is 82.4 Å². The highest BCUT2D eigenvalue weighted by Gasteiger charge is 2.41. The number of carbonyl (C=O) groups excluding carboxylic acids is 13. The number of primary amides is 1. The molecular formula is C63H107N19O17S. The number of likely N-dealkylation sites (tertiary alicyclic amines) is 1. The number of aliphatic hydroxyl groups is 2. The molecule has 2 rings (SSSR count). The third-order valence-corrected chi connectivity index (χ3v) is 17.0. The van der Waals surface area contributed by atoms with E-state index in [0.29, 0.717) is 49.8 Å². The zero-order valence-corrected chi connectivity index (χ0v) is 58.7. The number of nitrogens with zero attached hydrogens (tertiary/aromatic N) is 2. The molecule has 1 aliphatic rings. The summed E-state index contributed by atoms with van der Waals surface area (Å²) in [5.41, 5.74) is 34.6. The van der Waals surface area contributed by atoms with E-state index < -0.39 is 193 Å². The van der Waals surface area contributed by atoms with E-state index in [1.165, 1.54) is 16.7 Å². The van der Waals surface area contributed by atoms with Gasteiger partial charge in [-0.05, 0) is 120 Å². The van der Waals surface area contributed by atoms with Gasteiger partial charge in [-0.1, -0.05) is 64.4 Å². The van der Waals surface area contributed by atoms with Gasteiger partial charge in [-0.2, -0.15) is 11.8 Å². The van der Waals surface area contributed by atoms with E-state index in [2.05, 4.69) is 63.5 Å². The molecule has 100 heavy (non-hydrogen) atoms. The Morgan fingerprint density at radius 2 is 1.10 bits per heavy atom. The molecule has 1 aliphatic heterocycles. The molecule has 1 aromatic carbocycles. The molecule has 36 nitrogen and oxygen atoms in total. The molecule has 0 saturated carbocycles. The lowest BCUT2D eigenvalue weighted by Gasteiger charge is -2.32. The van der Waals surface area contributed by atoms with Crippen LogP contribution >= 0.6 is 11.8 Å². The van der Waals surface area contributed by atoms with Crippen LogP contribution in [0, 0.1) is 11.8 Å². The molecule has 1 heterocycles. The number of benzene rings is 1. The largest absolute Gasteiger partial charge is 0.480 e. The Morgan fingerprint density at radius 3 is 1.66 bits per heavy atom. The summed E-state index contributed by atoms with van der Waals surface area (Å²) < 4.78 is 0. The molecule has 0 unspecified atom stereocenters. The first-order valence-electron chi connectivity index (χ1n) is 33.5. The second-order valence-corrected chi connectivity index (χ2v) is 25.7. The average molecular weight is 1430 g/mol. The average Bonchev–Trinajstić information content (AvgIpc) is 1.51.